The summed E-state index contributed by atoms with van der Waals surface area (Å²) in [6, 6.07) is 8.69. The van der Waals surface area contributed by atoms with Gasteiger partial charge in [0.15, 0.2) is 11.5 Å². The molecule has 0 bridgehead atoms. The number of carbonyl (C=O) groups is 3. The van der Waals surface area contributed by atoms with Crippen LogP contribution >= 0.6 is 0 Å². The van der Waals surface area contributed by atoms with E-state index in [2.05, 4.69) is 31.9 Å². The third kappa shape index (κ3) is 6.44. The van der Waals surface area contributed by atoms with Gasteiger partial charge in [-0.15, -0.1) is 0 Å². The summed E-state index contributed by atoms with van der Waals surface area (Å²) in [6.07, 6.45) is 2.18. The van der Waals surface area contributed by atoms with Crippen LogP contribution in [0.3, 0.4) is 0 Å². The second-order valence-corrected chi connectivity index (χ2v) is 9.40. The first kappa shape index (κ1) is 26.3. The Morgan fingerprint density at radius 3 is 2.64 bits per heavy atom. The third-order valence-corrected chi connectivity index (χ3v) is 5.51. The number of unbranched alkanes of at least 4 members (excludes halogenated alkanes) is 2. The number of carbonyl (C=O) groups excluding carboxylic acids is 3. The topological polar surface area (TPSA) is 182 Å². The summed E-state index contributed by atoms with van der Waals surface area (Å²) in [5.41, 5.74) is 5.54. The Labute approximate surface area is 208 Å². The van der Waals surface area contributed by atoms with E-state index in [1.807, 2.05) is 45.0 Å². The molecule has 0 aliphatic rings. The molecule has 3 amide bonds. The van der Waals surface area contributed by atoms with Crippen LogP contribution in [-0.2, 0) is 17.8 Å². The number of hydrogen-bond donors (Lipinski definition) is 3. The zero-order valence-electron chi connectivity index (χ0n) is 20.6. The zero-order valence-corrected chi connectivity index (χ0v) is 20.6. The largest absolute Gasteiger partial charge is 0.361 e. The van der Waals surface area contributed by atoms with Gasteiger partial charge in [0.05, 0.1) is 11.6 Å². The van der Waals surface area contributed by atoms with Gasteiger partial charge in [-0.05, 0) is 24.3 Å². The number of aryl methyl sites for hydroxylation is 1. The molecule has 0 radical (unpaired) electrons. The van der Waals surface area contributed by atoms with Crippen molar-refractivity contribution in [3.63, 3.8) is 0 Å². The molecule has 3 rings (SSSR count). The number of nitrogens with one attached hydrogen (secondary N) is 2. The Bertz CT molecular complexity index is 1280. The van der Waals surface area contributed by atoms with Crippen molar-refractivity contribution >= 4 is 28.6 Å². The number of primary amides is 1. The minimum Gasteiger partial charge on any atom is -0.361 e. The van der Waals surface area contributed by atoms with Crippen LogP contribution < -0.4 is 16.4 Å². The van der Waals surface area contributed by atoms with Gasteiger partial charge in [-0.1, -0.05) is 44.1 Å². The molecule has 2 aromatic heterocycles. The van der Waals surface area contributed by atoms with Gasteiger partial charge in [0.25, 0.3) is 5.91 Å². The molecule has 0 saturated carbocycles. The van der Waals surface area contributed by atoms with Crippen molar-refractivity contribution in [3.05, 3.63) is 41.7 Å². The predicted molar refractivity (Wildman–Crippen MR) is 129 cm³/mol. The number of rotatable bonds is 11. The van der Waals surface area contributed by atoms with E-state index >= 15 is 0 Å². The van der Waals surface area contributed by atoms with Crippen molar-refractivity contribution in [2.75, 3.05) is 6.54 Å². The second kappa shape index (κ2) is 11.4. The second-order valence-electron chi connectivity index (χ2n) is 9.40. The zero-order chi connectivity index (χ0) is 26.3. The molecule has 12 heteroatoms. The molecule has 2 heterocycles. The maximum absolute atomic E-state index is 13.3. The molecule has 3 aromatic rings. The molecule has 0 spiro atoms. The number of benzene rings is 1. The molecule has 4 N–H and O–H groups in total. The summed E-state index contributed by atoms with van der Waals surface area (Å²) in [5.74, 6) is -1.73. The number of nitrogens with two attached hydrogens (primary N) is 1. The molecular formula is C24H30N8O4. The van der Waals surface area contributed by atoms with Gasteiger partial charge in [0, 0.05) is 31.3 Å². The maximum atomic E-state index is 13.3. The number of aromatic nitrogens is 4. The van der Waals surface area contributed by atoms with Gasteiger partial charge < -0.3 is 20.9 Å². The van der Waals surface area contributed by atoms with Crippen LogP contribution in [0.25, 0.3) is 10.9 Å². The SMILES string of the molecule is CC(C)(C)[C@H](NC(=O)c1nn(CCCCC#N)c2ccccc12)C(=O)NCCc1noc(C(N)=O)n1. The maximum Gasteiger partial charge on any atom is 0.315 e. The quantitative estimate of drug-likeness (QED) is 0.337. The van der Waals surface area contributed by atoms with E-state index in [-0.39, 0.29) is 36.3 Å². The number of amides is 3. The van der Waals surface area contributed by atoms with Crippen molar-refractivity contribution in [2.45, 2.75) is 59.0 Å². The standard InChI is InChI=1S/C24H30N8O4/c1-24(2,3)19(22(35)27-13-11-17-28-23(20(26)33)36-31-17)29-21(34)18-15-9-5-6-10-16(15)32(30-18)14-8-4-7-12-25/h5-6,9-10,19H,4,7-8,11,13-14H2,1-3H3,(H2,26,33)(H,27,35)(H,29,34)/t19-/m1/s1. The Balaban J connectivity index is 1.70. The molecule has 0 aliphatic carbocycles. The number of fused-ring (bicyclic) bond motifs is 1. The van der Waals surface area contributed by atoms with Crippen molar-refractivity contribution in [1.82, 2.24) is 30.6 Å². The predicted octanol–water partition coefficient (Wildman–Crippen LogP) is 1.72. The van der Waals surface area contributed by atoms with Gasteiger partial charge in [-0.3, -0.25) is 19.1 Å². The first-order valence-electron chi connectivity index (χ1n) is 11.6. The van der Waals surface area contributed by atoms with Crippen LogP contribution in [0.5, 0.6) is 0 Å². The van der Waals surface area contributed by atoms with E-state index in [0.29, 0.717) is 18.4 Å². The lowest BCUT2D eigenvalue weighted by Gasteiger charge is -2.30. The average Bonchev–Trinajstić information content (AvgIpc) is 3.45. The van der Waals surface area contributed by atoms with Gasteiger partial charge in [0.2, 0.25) is 5.91 Å². The minimum atomic E-state index is -0.851. The average molecular weight is 495 g/mol. The molecule has 1 atom stereocenters. The van der Waals surface area contributed by atoms with E-state index in [1.165, 1.54) is 0 Å². The number of nitrogens with zero attached hydrogens (tertiary/aromatic N) is 5. The van der Waals surface area contributed by atoms with Gasteiger partial charge in [-0.2, -0.15) is 15.3 Å². The molecule has 190 valence electrons. The normalized spacial score (nSPS) is 12.2. The van der Waals surface area contributed by atoms with Gasteiger partial charge in [-0.25, -0.2) is 0 Å². The first-order chi connectivity index (χ1) is 17.1. The van der Waals surface area contributed by atoms with E-state index in [1.54, 1.807) is 4.68 Å². The van der Waals surface area contributed by atoms with Crippen LogP contribution in [0, 0.1) is 16.7 Å². The minimum absolute atomic E-state index is 0.166. The molecule has 0 unspecified atom stereocenters. The summed E-state index contributed by atoms with van der Waals surface area (Å²) >= 11 is 0. The fourth-order valence-corrected chi connectivity index (χ4v) is 3.66. The summed E-state index contributed by atoms with van der Waals surface area (Å²) in [6.45, 7) is 6.29. The molecule has 0 fully saturated rings. The Morgan fingerprint density at radius 1 is 1.22 bits per heavy atom. The molecular weight excluding hydrogens is 464 g/mol. The highest BCUT2D eigenvalue weighted by Gasteiger charge is 2.34. The molecule has 0 saturated heterocycles. The Hall–Kier alpha value is -4.27. The summed E-state index contributed by atoms with van der Waals surface area (Å²) in [7, 11) is 0. The van der Waals surface area contributed by atoms with Crippen molar-refractivity contribution < 1.29 is 18.9 Å². The Kier molecular flexibility index (Phi) is 8.37. The monoisotopic (exact) mass is 494 g/mol. The Morgan fingerprint density at radius 2 is 1.97 bits per heavy atom. The first-order valence-corrected chi connectivity index (χ1v) is 11.6. The highest BCUT2D eigenvalue weighted by molar-refractivity contribution is 6.06. The van der Waals surface area contributed by atoms with E-state index in [0.717, 1.165) is 18.4 Å². The van der Waals surface area contributed by atoms with Crippen LogP contribution in [0.15, 0.2) is 28.8 Å². The van der Waals surface area contributed by atoms with Crippen LogP contribution in [0.1, 0.15) is 67.0 Å². The summed E-state index contributed by atoms with van der Waals surface area (Å²) in [4.78, 5) is 41.2. The highest BCUT2D eigenvalue weighted by Crippen LogP contribution is 2.23. The van der Waals surface area contributed by atoms with E-state index in [9.17, 15) is 14.4 Å². The van der Waals surface area contributed by atoms with Gasteiger partial charge in [0.1, 0.15) is 6.04 Å². The van der Waals surface area contributed by atoms with Gasteiger partial charge >= 0.3 is 11.8 Å². The smallest absolute Gasteiger partial charge is 0.315 e. The van der Waals surface area contributed by atoms with Crippen molar-refractivity contribution in [1.29, 1.82) is 5.26 Å². The number of para-hydroxylation sites is 1. The highest BCUT2D eigenvalue weighted by atomic mass is 16.5. The van der Waals surface area contributed by atoms with E-state index < -0.39 is 23.3 Å². The molecule has 12 nitrogen and oxygen atoms in total. The summed E-state index contributed by atoms with van der Waals surface area (Å²) in [5, 5.41) is 23.2. The van der Waals surface area contributed by atoms with Crippen LogP contribution in [0.4, 0.5) is 0 Å². The molecule has 1 aromatic carbocycles. The van der Waals surface area contributed by atoms with E-state index in [4.69, 9.17) is 15.5 Å². The molecule has 0 aliphatic heterocycles. The van der Waals surface area contributed by atoms with Crippen molar-refractivity contribution in [2.24, 2.45) is 11.1 Å². The third-order valence-electron chi connectivity index (χ3n) is 5.51. The lowest BCUT2D eigenvalue weighted by atomic mass is 9.86. The lowest BCUT2D eigenvalue weighted by Crippen LogP contribution is -2.54. The number of nitriles is 1. The number of hydrogen-bond acceptors (Lipinski definition) is 8. The lowest BCUT2D eigenvalue weighted by molar-refractivity contribution is -0.125. The summed E-state index contributed by atoms with van der Waals surface area (Å²) < 4.78 is 6.50. The fraction of sp³-hybridized carbons (Fsp3) is 0.458. The fourth-order valence-electron chi connectivity index (χ4n) is 3.66. The van der Waals surface area contributed by atoms with Crippen molar-refractivity contribution in [3.8, 4) is 6.07 Å². The van der Waals surface area contributed by atoms with Crippen LogP contribution in [-0.4, -0.2) is 50.2 Å². The molecule has 36 heavy (non-hydrogen) atoms. The van der Waals surface area contributed by atoms with Crippen LogP contribution in [0.2, 0.25) is 0 Å².